The Morgan fingerprint density at radius 1 is 1.14 bits per heavy atom. The minimum Gasteiger partial charge on any atom is -0.618 e. The molecule has 146 valence electrons. The molecular weight excluding hydrogens is 389 g/mol. The Hall–Kier alpha value is -2.74. The molecule has 0 fully saturated rings. The monoisotopic (exact) mass is 406 g/mol. The molecule has 0 spiro atoms. The van der Waals surface area contributed by atoms with E-state index < -0.39 is 11.7 Å². The molecule has 1 aromatic carbocycles. The predicted molar refractivity (Wildman–Crippen MR) is 101 cm³/mol. The van der Waals surface area contributed by atoms with Gasteiger partial charge < -0.3 is 9.77 Å². The lowest BCUT2D eigenvalue weighted by atomic mass is 10.1. The molecule has 0 saturated heterocycles. The summed E-state index contributed by atoms with van der Waals surface area (Å²) in [6.07, 6.45) is -3.09. The molecule has 0 aliphatic rings. The summed E-state index contributed by atoms with van der Waals surface area (Å²) in [6.45, 7) is 3.43. The second-order valence-corrected chi connectivity index (χ2v) is 7.24. The van der Waals surface area contributed by atoms with E-state index >= 15 is 0 Å². The summed E-state index contributed by atoms with van der Waals surface area (Å²) in [5.41, 5.74) is 1.24. The first-order valence-electron chi connectivity index (χ1n) is 8.39. The van der Waals surface area contributed by atoms with Crippen LogP contribution >= 0.6 is 11.8 Å². The number of alkyl halides is 3. The van der Waals surface area contributed by atoms with Crippen LogP contribution in [-0.2, 0) is 6.18 Å². The van der Waals surface area contributed by atoms with E-state index in [4.69, 9.17) is 0 Å². The van der Waals surface area contributed by atoms with Gasteiger partial charge in [-0.3, -0.25) is 4.79 Å². The number of halogens is 3. The number of rotatable bonds is 5. The van der Waals surface area contributed by atoms with E-state index in [0.717, 1.165) is 23.9 Å². The maximum atomic E-state index is 13.0. The van der Waals surface area contributed by atoms with Gasteiger partial charge in [0.1, 0.15) is 0 Å². The van der Waals surface area contributed by atoms with Crippen LogP contribution < -0.4 is 4.73 Å². The highest BCUT2D eigenvalue weighted by atomic mass is 32.2. The van der Waals surface area contributed by atoms with Gasteiger partial charge in [0.25, 0.3) is 5.03 Å². The summed E-state index contributed by atoms with van der Waals surface area (Å²) in [7, 11) is 0. The Balaban J connectivity index is 1.88. The van der Waals surface area contributed by atoms with Crippen LogP contribution in [0.2, 0.25) is 0 Å². The smallest absolute Gasteiger partial charge is 0.416 e. The molecule has 0 radical (unpaired) electrons. The van der Waals surface area contributed by atoms with Crippen molar-refractivity contribution in [2.45, 2.75) is 25.0 Å². The van der Waals surface area contributed by atoms with Crippen molar-refractivity contribution in [2.75, 3.05) is 5.75 Å². The molecular formula is C20H17F3N2O2S. The predicted octanol–water partition coefficient (Wildman–Crippen LogP) is 4.72. The number of pyridine rings is 1. The van der Waals surface area contributed by atoms with Gasteiger partial charge in [0.15, 0.2) is 12.0 Å². The number of thioether (sulfide) groups is 1. The number of aryl methyl sites for hydroxylation is 1. The van der Waals surface area contributed by atoms with Gasteiger partial charge in [-0.25, -0.2) is 0 Å². The van der Waals surface area contributed by atoms with Gasteiger partial charge in [-0.05, 0) is 55.9 Å². The number of Topliss-reactive ketones (excluding diaryl/α,β-unsaturated/α-hetero) is 1. The molecule has 0 aliphatic heterocycles. The third kappa shape index (κ3) is 4.06. The third-order valence-electron chi connectivity index (χ3n) is 4.30. The van der Waals surface area contributed by atoms with Crippen molar-refractivity contribution < 1.29 is 22.7 Å². The quantitative estimate of drug-likeness (QED) is 0.267. The van der Waals surface area contributed by atoms with Crippen molar-refractivity contribution in [3.63, 3.8) is 0 Å². The van der Waals surface area contributed by atoms with Crippen LogP contribution in [0.5, 0.6) is 0 Å². The van der Waals surface area contributed by atoms with Gasteiger partial charge in [0, 0.05) is 34.8 Å². The first kappa shape index (κ1) is 20.0. The normalized spacial score (nSPS) is 11.6. The molecule has 0 N–H and O–H groups in total. The van der Waals surface area contributed by atoms with Gasteiger partial charge in [-0.1, -0.05) is 6.07 Å². The highest BCUT2D eigenvalue weighted by molar-refractivity contribution is 7.99. The van der Waals surface area contributed by atoms with E-state index in [1.807, 2.05) is 0 Å². The van der Waals surface area contributed by atoms with Gasteiger partial charge in [0.2, 0.25) is 0 Å². The van der Waals surface area contributed by atoms with Crippen molar-refractivity contribution in [2.24, 2.45) is 0 Å². The summed E-state index contributed by atoms with van der Waals surface area (Å²) >= 11 is 1.12. The van der Waals surface area contributed by atoms with Crippen LogP contribution in [0.3, 0.4) is 0 Å². The molecule has 4 nitrogen and oxygen atoms in total. The van der Waals surface area contributed by atoms with Crippen LogP contribution in [0.1, 0.15) is 27.3 Å². The molecule has 2 heterocycles. The maximum Gasteiger partial charge on any atom is 0.416 e. The first-order chi connectivity index (χ1) is 13.2. The second kappa shape index (κ2) is 7.71. The Kier molecular flexibility index (Phi) is 5.51. The summed E-state index contributed by atoms with van der Waals surface area (Å²) in [5, 5.41) is 12.1. The SMILES string of the molecule is Cc1cc(C(=O)CSc2cccc[n+]2[O-])c(C)n1-c1cccc(C(F)(F)F)c1. The lowest BCUT2D eigenvalue weighted by Crippen LogP contribution is -2.28. The van der Waals surface area contributed by atoms with E-state index in [1.54, 1.807) is 48.7 Å². The largest absolute Gasteiger partial charge is 0.618 e. The number of aromatic nitrogens is 2. The van der Waals surface area contributed by atoms with Crippen LogP contribution in [0, 0.1) is 19.1 Å². The maximum absolute atomic E-state index is 13.0. The van der Waals surface area contributed by atoms with Gasteiger partial charge in [-0.2, -0.15) is 17.9 Å². The average molecular weight is 406 g/mol. The number of benzene rings is 1. The zero-order chi connectivity index (χ0) is 20.5. The fourth-order valence-corrected chi connectivity index (χ4v) is 3.80. The molecule has 3 aromatic rings. The summed E-state index contributed by atoms with van der Waals surface area (Å²) in [5.74, 6) is -0.140. The van der Waals surface area contributed by atoms with Crippen LogP contribution in [0.4, 0.5) is 13.2 Å². The van der Waals surface area contributed by atoms with E-state index in [0.29, 0.717) is 32.4 Å². The topological polar surface area (TPSA) is 48.9 Å². The Morgan fingerprint density at radius 2 is 1.89 bits per heavy atom. The number of carbonyl (C=O) groups is 1. The zero-order valence-electron chi connectivity index (χ0n) is 15.2. The highest BCUT2D eigenvalue weighted by Crippen LogP contribution is 2.31. The van der Waals surface area contributed by atoms with Crippen LogP contribution in [0.15, 0.2) is 59.8 Å². The van der Waals surface area contributed by atoms with E-state index in [9.17, 15) is 23.2 Å². The molecule has 8 heteroatoms. The molecule has 0 bridgehead atoms. The fraction of sp³-hybridized carbons (Fsp3) is 0.200. The number of carbonyl (C=O) groups excluding carboxylic acids is 1. The minimum absolute atomic E-state index is 0.0547. The fourth-order valence-electron chi connectivity index (χ4n) is 3.01. The molecule has 0 saturated carbocycles. The molecule has 28 heavy (non-hydrogen) atoms. The first-order valence-corrected chi connectivity index (χ1v) is 9.38. The number of ketones is 1. The van der Waals surface area contributed by atoms with E-state index in [2.05, 4.69) is 0 Å². The zero-order valence-corrected chi connectivity index (χ0v) is 16.0. The lowest BCUT2D eigenvalue weighted by molar-refractivity contribution is -0.645. The van der Waals surface area contributed by atoms with Gasteiger partial charge in [-0.15, -0.1) is 0 Å². The van der Waals surface area contributed by atoms with Crippen molar-refractivity contribution in [1.29, 1.82) is 0 Å². The van der Waals surface area contributed by atoms with Crippen LogP contribution in [0.25, 0.3) is 5.69 Å². The van der Waals surface area contributed by atoms with E-state index in [1.165, 1.54) is 12.3 Å². The molecule has 0 amide bonds. The van der Waals surface area contributed by atoms with Crippen LogP contribution in [-0.4, -0.2) is 16.1 Å². The summed E-state index contributed by atoms with van der Waals surface area (Å²) in [4.78, 5) is 12.6. The van der Waals surface area contributed by atoms with Crippen molar-refractivity contribution in [3.8, 4) is 5.69 Å². The highest BCUT2D eigenvalue weighted by Gasteiger charge is 2.30. The Labute approximate surface area is 164 Å². The van der Waals surface area contributed by atoms with E-state index in [-0.39, 0.29) is 11.5 Å². The third-order valence-corrected chi connectivity index (χ3v) is 5.32. The average Bonchev–Trinajstić information content (AvgIpc) is 2.94. The van der Waals surface area contributed by atoms with Crippen molar-refractivity contribution in [1.82, 2.24) is 4.57 Å². The molecule has 3 rings (SSSR count). The minimum atomic E-state index is -4.44. The summed E-state index contributed by atoms with van der Waals surface area (Å²) < 4.78 is 41.4. The molecule has 2 aromatic heterocycles. The summed E-state index contributed by atoms with van der Waals surface area (Å²) in [6, 6.07) is 11.6. The Morgan fingerprint density at radius 3 is 2.57 bits per heavy atom. The Bertz CT molecular complexity index is 1030. The molecule has 0 unspecified atom stereocenters. The van der Waals surface area contributed by atoms with Gasteiger partial charge >= 0.3 is 6.18 Å². The molecule has 0 atom stereocenters. The number of hydrogen-bond donors (Lipinski definition) is 0. The standard InChI is InChI=1S/C20H17F3N2O2S/c1-13-10-17(18(26)12-28-19-8-3-4-9-24(19)27)14(2)25(13)16-7-5-6-15(11-16)20(21,22)23/h3-11H,12H2,1-2H3. The number of nitrogens with zero attached hydrogens (tertiary/aromatic N) is 2. The van der Waals surface area contributed by atoms with Gasteiger partial charge in [0.05, 0.1) is 11.3 Å². The van der Waals surface area contributed by atoms with Crippen molar-refractivity contribution >= 4 is 17.5 Å². The number of hydrogen-bond acceptors (Lipinski definition) is 3. The molecule has 0 aliphatic carbocycles. The van der Waals surface area contributed by atoms with Crippen molar-refractivity contribution in [3.05, 3.63) is 82.4 Å². The lowest BCUT2D eigenvalue weighted by Gasteiger charge is -2.13. The second-order valence-electron chi connectivity index (χ2n) is 6.24.